The van der Waals surface area contributed by atoms with Gasteiger partial charge in [0.05, 0.1) is 4.92 Å². The number of hydrogen-bond acceptors (Lipinski definition) is 5. The zero-order chi connectivity index (χ0) is 13.0. The minimum absolute atomic E-state index is 0.0614. The number of hydrogen-bond donors (Lipinski definition) is 2. The monoisotopic (exact) mass is 250 g/mol. The van der Waals surface area contributed by atoms with Gasteiger partial charge in [0.1, 0.15) is 0 Å². The summed E-state index contributed by atoms with van der Waals surface area (Å²) in [5.74, 6) is 0. The van der Waals surface area contributed by atoms with Gasteiger partial charge in [-0.2, -0.15) is 0 Å². The molecule has 1 unspecified atom stereocenters. The Kier molecular flexibility index (Phi) is 4.24. The van der Waals surface area contributed by atoms with Crippen LogP contribution in [0.1, 0.15) is 5.56 Å². The lowest BCUT2D eigenvalue weighted by Crippen LogP contribution is -2.38. The van der Waals surface area contributed by atoms with Crippen molar-refractivity contribution in [3.63, 3.8) is 0 Å². The summed E-state index contributed by atoms with van der Waals surface area (Å²) in [7, 11) is 0. The van der Waals surface area contributed by atoms with E-state index < -0.39 is 0 Å². The fourth-order valence-electron chi connectivity index (χ4n) is 2.16. The van der Waals surface area contributed by atoms with Gasteiger partial charge in [-0.1, -0.05) is 12.1 Å². The molecule has 0 aliphatic carbocycles. The number of rotatable bonds is 5. The predicted octanol–water partition coefficient (Wildman–Crippen LogP) is 0.327. The largest absolute Gasteiger partial charge is 0.326 e. The Labute approximate surface area is 106 Å². The van der Waals surface area contributed by atoms with Crippen LogP contribution >= 0.6 is 0 Å². The SMILES string of the molecule is NC(Cc1ccc([N+](=O)[O-])cc1)CN1CCNC1. The van der Waals surface area contributed by atoms with E-state index >= 15 is 0 Å². The van der Waals surface area contributed by atoms with Gasteiger partial charge in [-0.05, 0) is 12.0 Å². The summed E-state index contributed by atoms with van der Waals surface area (Å²) >= 11 is 0. The summed E-state index contributed by atoms with van der Waals surface area (Å²) in [5, 5.41) is 13.8. The lowest BCUT2D eigenvalue weighted by Gasteiger charge is -2.19. The van der Waals surface area contributed by atoms with E-state index in [-0.39, 0.29) is 16.7 Å². The van der Waals surface area contributed by atoms with E-state index in [1.165, 1.54) is 12.1 Å². The molecule has 3 N–H and O–H groups in total. The van der Waals surface area contributed by atoms with E-state index in [1.54, 1.807) is 12.1 Å². The van der Waals surface area contributed by atoms with Crippen LogP contribution in [-0.2, 0) is 6.42 Å². The topological polar surface area (TPSA) is 84.4 Å². The Morgan fingerprint density at radius 2 is 2.17 bits per heavy atom. The van der Waals surface area contributed by atoms with Crippen molar-refractivity contribution in [3.8, 4) is 0 Å². The standard InChI is InChI=1S/C12H18N4O2/c13-11(8-15-6-5-14-9-15)7-10-1-3-12(4-2-10)16(17)18/h1-4,11,14H,5-9,13H2. The molecule has 1 aliphatic rings. The van der Waals surface area contributed by atoms with Crippen LogP contribution in [0.5, 0.6) is 0 Å². The van der Waals surface area contributed by atoms with Crippen molar-refractivity contribution < 1.29 is 4.92 Å². The van der Waals surface area contributed by atoms with Crippen LogP contribution in [0.25, 0.3) is 0 Å². The molecule has 1 aromatic rings. The van der Waals surface area contributed by atoms with E-state index in [0.29, 0.717) is 0 Å². The average Bonchev–Trinajstić information content (AvgIpc) is 2.82. The fraction of sp³-hybridized carbons (Fsp3) is 0.500. The summed E-state index contributed by atoms with van der Waals surface area (Å²) in [6, 6.07) is 6.67. The first-order valence-corrected chi connectivity index (χ1v) is 6.07. The molecule has 98 valence electrons. The lowest BCUT2D eigenvalue weighted by molar-refractivity contribution is -0.384. The molecule has 0 bridgehead atoms. The maximum absolute atomic E-state index is 10.5. The second kappa shape index (κ2) is 5.90. The first kappa shape index (κ1) is 12.9. The summed E-state index contributed by atoms with van der Waals surface area (Å²) < 4.78 is 0. The Bertz CT molecular complexity index is 401. The van der Waals surface area contributed by atoms with Gasteiger partial charge in [0, 0.05) is 44.5 Å². The van der Waals surface area contributed by atoms with Gasteiger partial charge >= 0.3 is 0 Å². The third-order valence-electron chi connectivity index (χ3n) is 3.08. The molecule has 0 amide bonds. The van der Waals surface area contributed by atoms with Crippen molar-refractivity contribution >= 4 is 5.69 Å². The van der Waals surface area contributed by atoms with Crippen molar-refractivity contribution in [2.24, 2.45) is 5.73 Å². The Balaban J connectivity index is 1.86. The molecule has 1 aliphatic heterocycles. The Morgan fingerprint density at radius 1 is 1.44 bits per heavy atom. The lowest BCUT2D eigenvalue weighted by atomic mass is 10.1. The molecular formula is C12H18N4O2. The van der Waals surface area contributed by atoms with Crippen molar-refractivity contribution in [2.45, 2.75) is 12.5 Å². The van der Waals surface area contributed by atoms with Crippen molar-refractivity contribution in [2.75, 3.05) is 26.3 Å². The molecule has 2 rings (SSSR count). The molecule has 0 radical (unpaired) electrons. The average molecular weight is 250 g/mol. The van der Waals surface area contributed by atoms with Crippen LogP contribution in [0.15, 0.2) is 24.3 Å². The molecular weight excluding hydrogens is 232 g/mol. The van der Waals surface area contributed by atoms with Crippen LogP contribution in [0, 0.1) is 10.1 Å². The van der Waals surface area contributed by atoms with Crippen LogP contribution < -0.4 is 11.1 Å². The summed E-state index contributed by atoms with van der Waals surface area (Å²) in [6.45, 7) is 3.80. The van der Waals surface area contributed by atoms with Crippen LogP contribution in [-0.4, -0.2) is 42.2 Å². The molecule has 1 heterocycles. The van der Waals surface area contributed by atoms with E-state index in [1.807, 2.05) is 0 Å². The van der Waals surface area contributed by atoms with Crippen molar-refractivity contribution in [3.05, 3.63) is 39.9 Å². The first-order chi connectivity index (χ1) is 8.65. The maximum Gasteiger partial charge on any atom is 0.269 e. The Morgan fingerprint density at radius 3 is 2.72 bits per heavy atom. The van der Waals surface area contributed by atoms with Gasteiger partial charge in [0.25, 0.3) is 5.69 Å². The van der Waals surface area contributed by atoms with Crippen molar-refractivity contribution in [1.29, 1.82) is 0 Å². The molecule has 1 aromatic carbocycles. The van der Waals surface area contributed by atoms with E-state index in [4.69, 9.17) is 5.73 Å². The molecule has 18 heavy (non-hydrogen) atoms. The maximum atomic E-state index is 10.5. The second-order valence-electron chi connectivity index (χ2n) is 4.62. The fourth-order valence-corrected chi connectivity index (χ4v) is 2.16. The molecule has 1 saturated heterocycles. The van der Waals surface area contributed by atoms with Crippen molar-refractivity contribution in [1.82, 2.24) is 10.2 Å². The zero-order valence-electron chi connectivity index (χ0n) is 10.2. The number of nitrogens with zero attached hydrogens (tertiary/aromatic N) is 2. The van der Waals surface area contributed by atoms with Crippen LogP contribution in [0.4, 0.5) is 5.69 Å². The predicted molar refractivity (Wildman–Crippen MR) is 69.2 cm³/mol. The highest BCUT2D eigenvalue weighted by atomic mass is 16.6. The van der Waals surface area contributed by atoms with E-state index in [0.717, 1.165) is 38.3 Å². The quantitative estimate of drug-likeness (QED) is 0.581. The highest BCUT2D eigenvalue weighted by Gasteiger charge is 2.15. The van der Waals surface area contributed by atoms with E-state index in [9.17, 15) is 10.1 Å². The zero-order valence-corrected chi connectivity index (χ0v) is 10.2. The van der Waals surface area contributed by atoms with E-state index in [2.05, 4.69) is 10.2 Å². The van der Waals surface area contributed by atoms with Crippen LogP contribution in [0.3, 0.4) is 0 Å². The third kappa shape index (κ3) is 3.49. The molecule has 1 atom stereocenters. The molecule has 0 saturated carbocycles. The molecule has 0 spiro atoms. The number of nitrogens with two attached hydrogens (primary N) is 1. The number of nitro groups is 1. The number of nitro benzene ring substituents is 1. The number of benzene rings is 1. The molecule has 6 nitrogen and oxygen atoms in total. The third-order valence-corrected chi connectivity index (χ3v) is 3.08. The molecule has 6 heteroatoms. The van der Waals surface area contributed by atoms with Crippen LogP contribution in [0.2, 0.25) is 0 Å². The van der Waals surface area contributed by atoms with Gasteiger partial charge in [-0.25, -0.2) is 0 Å². The highest BCUT2D eigenvalue weighted by molar-refractivity contribution is 5.33. The normalized spacial score (nSPS) is 17.8. The van der Waals surface area contributed by atoms with Gasteiger partial charge in [0.15, 0.2) is 0 Å². The van der Waals surface area contributed by atoms with Gasteiger partial charge in [-0.3, -0.25) is 15.0 Å². The summed E-state index contributed by atoms with van der Waals surface area (Å²) in [4.78, 5) is 12.4. The highest BCUT2D eigenvalue weighted by Crippen LogP contribution is 2.13. The number of nitrogens with one attached hydrogen (secondary N) is 1. The van der Waals surface area contributed by atoms with Gasteiger partial charge < -0.3 is 11.1 Å². The molecule has 1 fully saturated rings. The number of non-ortho nitro benzene ring substituents is 1. The minimum atomic E-state index is -0.389. The van der Waals surface area contributed by atoms with Gasteiger partial charge in [-0.15, -0.1) is 0 Å². The first-order valence-electron chi connectivity index (χ1n) is 6.07. The summed E-state index contributed by atoms with van der Waals surface area (Å²) in [6.07, 6.45) is 0.745. The second-order valence-corrected chi connectivity index (χ2v) is 4.62. The summed E-state index contributed by atoms with van der Waals surface area (Å²) in [5.41, 5.74) is 7.24. The minimum Gasteiger partial charge on any atom is -0.326 e. The smallest absolute Gasteiger partial charge is 0.269 e. The Hall–Kier alpha value is -1.50. The van der Waals surface area contributed by atoms with Gasteiger partial charge in [0.2, 0.25) is 0 Å². The molecule has 0 aromatic heterocycles.